The van der Waals surface area contributed by atoms with Gasteiger partial charge in [0.25, 0.3) is 5.91 Å². The summed E-state index contributed by atoms with van der Waals surface area (Å²) >= 11 is 0. The minimum Gasteiger partial charge on any atom is -0.485 e. The molecule has 0 unspecified atom stereocenters. The predicted molar refractivity (Wildman–Crippen MR) is 114 cm³/mol. The fourth-order valence-electron chi connectivity index (χ4n) is 2.78. The van der Waals surface area contributed by atoms with Crippen LogP contribution in [0.15, 0.2) is 53.6 Å². The van der Waals surface area contributed by atoms with Crippen LogP contribution in [0.2, 0.25) is 0 Å². The van der Waals surface area contributed by atoms with E-state index < -0.39 is 45.9 Å². The molecule has 0 radical (unpaired) electrons. The summed E-state index contributed by atoms with van der Waals surface area (Å²) in [7, 11) is -2.11. The molecule has 0 aliphatic rings. The lowest BCUT2D eigenvalue weighted by molar-refractivity contribution is 0.102. The van der Waals surface area contributed by atoms with E-state index in [2.05, 4.69) is 10.4 Å². The van der Waals surface area contributed by atoms with Crippen molar-refractivity contribution in [3.8, 4) is 17.2 Å². The second-order valence-electron chi connectivity index (χ2n) is 7.04. The molecule has 0 spiro atoms. The maximum Gasteiger partial charge on any atom is 0.257 e. The molecule has 0 atom stereocenters. The molecule has 8 nitrogen and oxygen atoms in total. The van der Waals surface area contributed by atoms with Crippen molar-refractivity contribution in [1.82, 2.24) is 9.78 Å². The lowest BCUT2D eigenvalue weighted by Crippen LogP contribution is -2.21. The fraction of sp³-hybridized carbons (Fsp3) is 0.238. The number of aryl methyl sites for hydroxylation is 1. The summed E-state index contributed by atoms with van der Waals surface area (Å²) in [6.07, 6.45) is 1.09. The number of rotatable bonds is 9. The first-order chi connectivity index (χ1) is 15.6. The van der Waals surface area contributed by atoms with Crippen LogP contribution in [0.4, 0.5) is 19.0 Å². The van der Waals surface area contributed by atoms with Gasteiger partial charge in [-0.25, -0.2) is 21.6 Å². The number of benzene rings is 2. The highest BCUT2D eigenvalue weighted by Gasteiger charge is 2.18. The van der Waals surface area contributed by atoms with Gasteiger partial charge in [0.1, 0.15) is 41.3 Å². The number of hydrogen-bond acceptors (Lipinski definition) is 6. The minimum absolute atomic E-state index is 0.0119. The summed E-state index contributed by atoms with van der Waals surface area (Å²) in [4.78, 5) is 12.2. The number of aromatic nitrogens is 2. The van der Waals surface area contributed by atoms with Crippen LogP contribution in [-0.4, -0.2) is 49.8 Å². The Morgan fingerprint density at radius 1 is 1.09 bits per heavy atom. The maximum absolute atomic E-state index is 14.2. The summed E-state index contributed by atoms with van der Waals surface area (Å²) < 4.78 is 75.5. The lowest BCUT2D eigenvalue weighted by atomic mass is 10.2. The number of amides is 1. The number of nitrogens with one attached hydrogen (secondary N) is 1. The lowest BCUT2D eigenvalue weighted by Gasteiger charge is -2.15. The van der Waals surface area contributed by atoms with Gasteiger partial charge in [0.2, 0.25) is 0 Å². The van der Waals surface area contributed by atoms with Crippen LogP contribution in [-0.2, 0) is 16.9 Å². The molecule has 0 fully saturated rings. The Morgan fingerprint density at radius 2 is 1.79 bits per heavy atom. The van der Waals surface area contributed by atoms with E-state index in [1.807, 2.05) is 0 Å². The van der Waals surface area contributed by atoms with E-state index in [1.54, 1.807) is 19.3 Å². The van der Waals surface area contributed by atoms with Crippen molar-refractivity contribution in [1.29, 1.82) is 0 Å². The van der Waals surface area contributed by atoms with Gasteiger partial charge in [-0.3, -0.25) is 9.48 Å². The number of hydrogen-bond donors (Lipinski definition) is 1. The van der Waals surface area contributed by atoms with Crippen LogP contribution < -0.4 is 14.8 Å². The second-order valence-corrected chi connectivity index (χ2v) is 9.02. The number of anilines is 1. The van der Waals surface area contributed by atoms with E-state index in [1.165, 1.54) is 28.9 Å². The highest BCUT2D eigenvalue weighted by molar-refractivity contribution is 7.90. The van der Waals surface area contributed by atoms with Gasteiger partial charge in [-0.05, 0) is 24.3 Å². The number of ether oxygens (including phenoxy) is 2. The number of sulfone groups is 1. The van der Waals surface area contributed by atoms with Crippen LogP contribution in [0.1, 0.15) is 10.4 Å². The molecule has 33 heavy (non-hydrogen) atoms. The Hall–Kier alpha value is -3.54. The van der Waals surface area contributed by atoms with Gasteiger partial charge in [0, 0.05) is 43.3 Å². The standard InChI is InChI=1S/C21H20F3N3O5S/c1-27-6-5-20(26-27)25-21(28)13-7-15(9-16(8-13)32-17(11-22)12-23)31-14-3-4-19(18(24)10-14)33(2,29)30/h3-10,17H,11-12H2,1-2H3,(H,25,26,28). The molecule has 0 saturated heterocycles. The molecule has 176 valence electrons. The smallest absolute Gasteiger partial charge is 0.257 e. The predicted octanol–water partition coefficient (Wildman–Crippen LogP) is 3.69. The van der Waals surface area contributed by atoms with Crippen molar-refractivity contribution in [3.05, 3.63) is 60.0 Å². The molecular formula is C21H20F3N3O5S. The van der Waals surface area contributed by atoms with Gasteiger partial charge in [-0.1, -0.05) is 0 Å². The maximum atomic E-state index is 14.2. The second kappa shape index (κ2) is 9.94. The third kappa shape index (κ3) is 6.25. The zero-order chi connectivity index (χ0) is 24.2. The molecule has 1 aromatic heterocycles. The van der Waals surface area contributed by atoms with Crippen molar-refractivity contribution in [2.45, 2.75) is 11.0 Å². The molecule has 12 heteroatoms. The fourth-order valence-corrected chi connectivity index (χ4v) is 3.51. The number of alkyl halides is 2. The van der Waals surface area contributed by atoms with Gasteiger partial charge >= 0.3 is 0 Å². The highest BCUT2D eigenvalue weighted by Crippen LogP contribution is 2.30. The molecule has 0 saturated carbocycles. The quantitative estimate of drug-likeness (QED) is 0.498. The first-order valence-corrected chi connectivity index (χ1v) is 11.4. The third-order valence-corrected chi connectivity index (χ3v) is 5.41. The largest absolute Gasteiger partial charge is 0.485 e. The van der Waals surface area contributed by atoms with E-state index >= 15 is 0 Å². The van der Waals surface area contributed by atoms with Gasteiger partial charge in [0.05, 0.1) is 0 Å². The van der Waals surface area contributed by atoms with Gasteiger partial charge in [-0.2, -0.15) is 5.10 Å². The Kier molecular flexibility index (Phi) is 7.26. The first-order valence-electron chi connectivity index (χ1n) is 9.51. The summed E-state index contributed by atoms with van der Waals surface area (Å²) in [5, 5.41) is 6.59. The van der Waals surface area contributed by atoms with Crippen molar-refractivity contribution in [3.63, 3.8) is 0 Å². The third-order valence-electron chi connectivity index (χ3n) is 4.28. The van der Waals surface area contributed by atoms with Crippen LogP contribution in [0.5, 0.6) is 17.2 Å². The van der Waals surface area contributed by atoms with Crippen LogP contribution in [0.25, 0.3) is 0 Å². The summed E-state index contributed by atoms with van der Waals surface area (Å²) in [6.45, 7) is -2.20. The van der Waals surface area contributed by atoms with Gasteiger partial charge in [-0.15, -0.1) is 0 Å². The monoisotopic (exact) mass is 483 g/mol. The zero-order valence-electron chi connectivity index (χ0n) is 17.6. The number of nitrogens with zero attached hydrogens (tertiary/aromatic N) is 2. The topological polar surface area (TPSA) is 99.5 Å². The summed E-state index contributed by atoms with van der Waals surface area (Å²) in [5.74, 6) is -1.51. The molecule has 0 bridgehead atoms. The molecule has 1 N–H and O–H groups in total. The van der Waals surface area contributed by atoms with Crippen LogP contribution >= 0.6 is 0 Å². The normalized spacial score (nSPS) is 11.5. The average Bonchev–Trinajstić information content (AvgIpc) is 3.15. The summed E-state index contributed by atoms with van der Waals surface area (Å²) in [5.41, 5.74) is 0.0119. The molecule has 1 heterocycles. The molecular weight excluding hydrogens is 463 g/mol. The van der Waals surface area contributed by atoms with Gasteiger partial charge < -0.3 is 14.8 Å². The number of carbonyl (C=O) groups is 1. The molecule has 0 aliphatic carbocycles. The Labute approximate surface area is 187 Å². The Bertz CT molecular complexity index is 1260. The van der Waals surface area contributed by atoms with Crippen LogP contribution in [0.3, 0.4) is 0 Å². The SMILES string of the molecule is Cn1ccc(NC(=O)c2cc(Oc3ccc(S(C)(=O)=O)c(F)c3)cc(OC(CF)CF)c2)n1. The molecule has 0 aliphatic heterocycles. The highest BCUT2D eigenvalue weighted by atomic mass is 32.2. The molecule has 2 aromatic carbocycles. The van der Waals surface area contributed by atoms with Crippen LogP contribution in [0, 0.1) is 5.82 Å². The van der Waals surface area contributed by atoms with E-state index in [9.17, 15) is 26.4 Å². The van der Waals surface area contributed by atoms with Crippen molar-refractivity contribution < 1.29 is 35.9 Å². The minimum atomic E-state index is -3.78. The van der Waals surface area contributed by atoms with Crippen molar-refractivity contribution >= 4 is 21.6 Å². The zero-order valence-corrected chi connectivity index (χ0v) is 18.4. The van der Waals surface area contributed by atoms with E-state index in [-0.39, 0.29) is 28.6 Å². The van der Waals surface area contributed by atoms with Gasteiger partial charge in [0.15, 0.2) is 21.8 Å². The average molecular weight is 483 g/mol. The number of carbonyl (C=O) groups excluding carboxylic acids is 1. The summed E-state index contributed by atoms with van der Waals surface area (Å²) in [6, 6.07) is 8.51. The van der Waals surface area contributed by atoms with E-state index in [0.29, 0.717) is 0 Å². The van der Waals surface area contributed by atoms with E-state index in [0.717, 1.165) is 18.4 Å². The molecule has 1 amide bonds. The Balaban J connectivity index is 1.93. The number of halogens is 3. The van der Waals surface area contributed by atoms with Crippen molar-refractivity contribution in [2.24, 2.45) is 7.05 Å². The van der Waals surface area contributed by atoms with Crippen molar-refractivity contribution in [2.75, 3.05) is 24.9 Å². The first kappa shape index (κ1) is 24.1. The Morgan fingerprint density at radius 3 is 2.36 bits per heavy atom. The molecule has 3 aromatic rings. The van der Waals surface area contributed by atoms with E-state index in [4.69, 9.17) is 9.47 Å². The molecule has 3 rings (SSSR count).